The van der Waals surface area contributed by atoms with Gasteiger partial charge in [-0.3, -0.25) is 4.79 Å². The molecule has 1 rings (SSSR count). The number of hydrogen-bond donors (Lipinski definition) is 2. The maximum Gasteiger partial charge on any atom is 0.293 e. The van der Waals surface area contributed by atoms with Gasteiger partial charge in [0.25, 0.3) is 6.47 Å². The Morgan fingerprint density at radius 2 is 1.52 bits per heavy atom. The summed E-state index contributed by atoms with van der Waals surface area (Å²) in [6, 6.07) is 3.70. The monoisotopic (exact) mass is 378 g/mol. The van der Waals surface area contributed by atoms with Crippen LogP contribution in [0.2, 0.25) is 0 Å². The first-order valence-corrected chi connectivity index (χ1v) is 10.2. The van der Waals surface area contributed by atoms with Gasteiger partial charge in [0.1, 0.15) is 5.60 Å². The van der Waals surface area contributed by atoms with Crippen molar-refractivity contribution in [3.05, 3.63) is 23.3 Å². The lowest BCUT2D eigenvalue weighted by molar-refractivity contribution is -0.140. The van der Waals surface area contributed by atoms with E-state index in [1.165, 1.54) is 19.3 Å². The van der Waals surface area contributed by atoms with Crippen molar-refractivity contribution in [2.24, 2.45) is 5.41 Å². The third-order valence-corrected chi connectivity index (χ3v) is 4.96. The normalized spacial score (nSPS) is 12.2. The SMILES string of the molecule is CC(C)(C)CCCCCc1cc(O)c(O)c(CCCCC(C)(C)OC=O)c1. The molecule has 0 aromatic heterocycles. The lowest BCUT2D eigenvalue weighted by Gasteiger charge is -2.22. The minimum absolute atomic E-state index is 0.00474. The fourth-order valence-electron chi connectivity index (χ4n) is 3.29. The quantitative estimate of drug-likeness (QED) is 0.269. The first-order chi connectivity index (χ1) is 12.5. The van der Waals surface area contributed by atoms with Crippen molar-refractivity contribution in [3.63, 3.8) is 0 Å². The molecule has 0 spiro atoms. The summed E-state index contributed by atoms with van der Waals surface area (Å²) >= 11 is 0. The summed E-state index contributed by atoms with van der Waals surface area (Å²) < 4.78 is 5.06. The van der Waals surface area contributed by atoms with Gasteiger partial charge in [-0.1, -0.05) is 39.7 Å². The van der Waals surface area contributed by atoms with Crippen LogP contribution in [0.4, 0.5) is 0 Å². The molecule has 0 aliphatic carbocycles. The second-order valence-corrected chi connectivity index (χ2v) is 9.42. The van der Waals surface area contributed by atoms with E-state index in [0.29, 0.717) is 18.3 Å². The number of benzene rings is 1. The van der Waals surface area contributed by atoms with Crippen molar-refractivity contribution in [2.45, 2.75) is 98.0 Å². The zero-order valence-electron chi connectivity index (χ0n) is 17.8. The summed E-state index contributed by atoms with van der Waals surface area (Å²) in [6.45, 7) is 11.1. The summed E-state index contributed by atoms with van der Waals surface area (Å²) in [7, 11) is 0. The summed E-state index contributed by atoms with van der Waals surface area (Å²) in [5, 5.41) is 20.2. The zero-order chi connectivity index (χ0) is 20.5. The third-order valence-electron chi connectivity index (χ3n) is 4.96. The Balaban J connectivity index is 2.50. The van der Waals surface area contributed by atoms with Crippen LogP contribution in [-0.2, 0) is 22.4 Å². The molecule has 0 aliphatic rings. The van der Waals surface area contributed by atoms with Crippen LogP contribution >= 0.6 is 0 Å². The average Bonchev–Trinajstić information content (AvgIpc) is 2.54. The van der Waals surface area contributed by atoms with Crippen LogP contribution in [0, 0.1) is 5.41 Å². The molecule has 154 valence electrons. The number of ether oxygens (including phenoxy) is 1. The molecule has 0 atom stereocenters. The van der Waals surface area contributed by atoms with E-state index in [4.69, 9.17) is 4.74 Å². The van der Waals surface area contributed by atoms with E-state index in [9.17, 15) is 15.0 Å². The highest BCUT2D eigenvalue weighted by molar-refractivity contribution is 5.47. The molecule has 0 aliphatic heterocycles. The maximum absolute atomic E-state index is 10.5. The van der Waals surface area contributed by atoms with Crippen molar-refractivity contribution in [2.75, 3.05) is 0 Å². The molecule has 4 nitrogen and oxygen atoms in total. The van der Waals surface area contributed by atoms with Crippen molar-refractivity contribution in [1.82, 2.24) is 0 Å². The molecule has 1 aromatic rings. The van der Waals surface area contributed by atoms with Gasteiger partial charge in [0, 0.05) is 0 Å². The van der Waals surface area contributed by atoms with E-state index in [1.807, 2.05) is 19.9 Å². The summed E-state index contributed by atoms with van der Waals surface area (Å²) in [6.07, 6.45) is 8.87. The van der Waals surface area contributed by atoms with Gasteiger partial charge in [-0.2, -0.15) is 0 Å². The molecule has 0 bridgehead atoms. The predicted molar refractivity (Wildman–Crippen MR) is 110 cm³/mol. The third kappa shape index (κ3) is 9.69. The van der Waals surface area contributed by atoms with Gasteiger partial charge in [-0.15, -0.1) is 0 Å². The van der Waals surface area contributed by atoms with E-state index in [-0.39, 0.29) is 11.5 Å². The lowest BCUT2D eigenvalue weighted by Crippen LogP contribution is -2.23. The molecule has 4 heteroatoms. The van der Waals surface area contributed by atoms with Gasteiger partial charge in [-0.05, 0) is 81.4 Å². The highest BCUT2D eigenvalue weighted by atomic mass is 16.5. The van der Waals surface area contributed by atoms with Gasteiger partial charge < -0.3 is 14.9 Å². The number of carbonyl (C=O) groups excluding carboxylic acids is 1. The Hall–Kier alpha value is -1.71. The number of aryl methyl sites for hydroxylation is 2. The topological polar surface area (TPSA) is 66.8 Å². The molecular weight excluding hydrogens is 340 g/mol. The van der Waals surface area contributed by atoms with Crippen LogP contribution in [-0.4, -0.2) is 22.3 Å². The van der Waals surface area contributed by atoms with Crippen LogP contribution in [0.25, 0.3) is 0 Å². The molecule has 0 fully saturated rings. The molecule has 0 amide bonds. The molecule has 0 unspecified atom stereocenters. The molecule has 0 saturated carbocycles. The zero-order valence-corrected chi connectivity index (χ0v) is 17.8. The summed E-state index contributed by atoms with van der Waals surface area (Å²) in [4.78, 5) is 10.5. The smallest absolute Gasteiger partial charge is 0.293 e. The Bertz CT molecular complexity index is 585. The van der Waals surface area contributed by atoms with Gasteiger partial charge in [-0.25, -0.2) is 0 Å². The average molecular weight is 379 g/mol. The van der Waals surface area contributed by atoms with Crippen LogP contribution in [0.15, 0.2) is 12.1 Å². The van der Waals surface area contributed by atoms with Crippen molar-refractivity contribution in [3.8, 4) is 11.5 Å². The first kappa shape index (κ1) is 23.3. The molecule has 27 heavy (non-hydrogen) atoms. The van der Waals surface area contributed by atoms with Crippen molar-refractivity contribution >= 4 is 6.47 Å². The Morgan fingerprint density at radius 1 is 0.889 bits per heavy atom. The maximum atomic E-state index is 10.5. The molecular formula is C23H38O4. The number of carbonyl (C=O) groups is 1. The second kappa shape index (κ2) is 10.6. The van der Waals surface area contributed by atoms with E-state index in [1.54, 1.807) is 6.07 Å². The van der Waals surface area contributed by atoms with Crippen LogP contribution in [0.1, 0.15) is 90.7 Å². The fourth-order valence-corrected chi connectivity index (χ4v) is 3.29. The Kier molecular flexibility index (Phi) is 9.14. The van der Waals surface area contributed by atoms with Gasteiger partial charge in [0.05, 0.1) is 0 Å². The Morgan fingerprint density at radius 3 is 2.15 bits per heavy atom. The highest BCUT2D eigenvalue weighted by Gasteiger charge is 2.18. The second-order valence-electron chi connectivity index (χ2n) is 9.42. The number of phenols is 2. The molecule has 2 N–H and O–H groups in total. The minimum Gasteiger partial charge on any atom is -0.504 e. The number of rotatable bonds is 12. The fraction of sp³-hybridized carbons (Fsp3) is 0.696. The summed E-state index contributed by atoms with van der Waals surface area (Å²) in [5.41, 5.74) is 1.81. The molecule has 0 radical (unpaired) electrons. The van der Waals surface area contributed by atoms with Crippen LogP contribution in [0.3, 0.4) is 0 Å². The molecule has 0 saturated heterocycles. The van der Waals surface area contributed by atoms with Crippen molar-refractivity contribution in [1.29, 1.82) is 0 Å². The predicted octanol–water partition coefficient (Wildman–Crippen LogP) is 5.91. The van der Waals surface area contributed by atoms with Gasteiger partial charge in [0.15, 0.2) is 11.5 Å². The number of hydrogen-bond acceptors (Lipinski definition) is 4. The Labute approximate surface area is 164 Å². The first-order valence-electron chi connectivity index (χ1n) is 10.2. The molecule has 0 heterocycles. The van der Waals surface area contributed by atoms with E-state index >= 15 is 0 Å². The number of unbranched alkanes of at least 4 members (excludes halogenated alkanes) is 3. The van der Waals surface area contributed by atoms with Crippen LogP contribution < -0.4 is 0 Å². The lowest BCUT2D eigenvalue weighted by atomic mass is 9.89. The highest BCUT2D eigenvalue weighted by Crippen LogP contribution is 2.32. The van der Waals surface area contributed by atoms with E-state index in [2.05, 4.69) is 20.8 Å². The standard InChI is InChI=1S/C23H38O4/c1-22(2,3)13-9-6-7-11-18-15-19(21(26)20(25)16-18)12-8-10-14-23(4,5)27-17-24/h15-17,25-26H,6-14H2,1-5H3. The largest absolute Gasteiger partial charge is 0.504 e. The van der Waals surface area contributed by atoms with E-state index < -0.39 is 5.60 Å². The molecule has 1 aromatic carbocycles. The van der Waals surface area contributed by atoms with Gasteiger partial charge >= 0.3 is 0 Å². The van der Waals surface area contributed by atoms with Crippen LogP contribution in [0.5, 0.6) is 11.5 Å². The van der Waals surface area contributed by atoms with Gasteiger partial charge in [0.2, 0.25) is 0 Å². The summed E-state index contributed by atoms with van der Waals surface area (Å²) in [5.74, 6) is -0.0308. The minimum atomic E-state index is -0.458. The number of aromatic hydroxyl groups is 2. The number of phenolic OH excluding ortho intramolecular Hbond substituents is 2. The van der Waals surface area contributed by atoms with Crippen molar-refractivity contribution < 1.29 is 19.7 Å². The van der Waals surface area contributed by atoms with E-state index in [0.717, 1.165) is 43.2 Å².